The second-order valence-electron chi connectivity index (χ2n) is 5.34. The number of piperidine rings is 1. The summed E-state index contributed by atoms with van der Waals surface area (Å²) in [5.74, 6) is 0.885. The van der Waals surface area contributed by atoms with E-state index in [2.05, 4.69) is 16.9 Å². The lowest BCUT2D eigenvalue weighted by atomic mass is 9.91. The summed E-state index contributed by atoms with van der Waals surface area (Å²) in [5, 5.41) is 0. The zero-order valence-electron chi connectivity index (χ0n) is 11.1. The highest BCUT2D eigenvalue weighted by molar-refractivity contribution is 5.74. The monoisotopic (exact) mass is 246 g/mol. The Labute approximate surface area is 109 Å². The van der Waals surface area contributed by atoms with Gasteiger partial charge in [-0.25, -0.2) is 0 Å². The minimum Gasteiger partial charge on any atom is -0.306 e. The molecule has 0 bridgehead atoms. The van der Waals surface area contributed by atoms with Crippen LogP contribution in [0.2, 0.25) is 0 Å². The highest BCUT2D eigenvalue weighted by Gasteiger charge is 2.15. The van der Waals surface area contributed by atoms with Gasteiger partial charge in [-0.2, -0.15) is 0 Å². The molecule has 1 fully saturated rings. The molecule has 0 aromatic carbocycles. The normalized spacial score (nSPS) is 17.8. The highest BCUT2D eigenvalue weighted by atomic mass is 16.1. The maximum Gasteiger partial charge on any atom is 0.150 e. The summed E-state index contributed by atoms with van der Waals surface area (Å²) in [6.07, 6.45) is 8.76. The van der Waals surface area contributed by atoms with Crippen molar-refractivity contribution in [2.24, 2.45) is 5.92 Å². The molecule has 0 aliphatic carbocycles. The molecule has 1 aromatic heterocycles. The number of hydrogen-bond donors (Lipinski definition) is 0. The van der Waals surface area contributed by atoms with Crippen molar-refractivity contribution in [1.29, 1.82) is 0 Å². The van der Waals surface area contributed by atoms with Crippen molar-refractivity contribution in [1.82, 2.24) is 9.88 Å². The molecule has 0 unspecified atom stereocenters. The first-order valence-electron chi connectivity index (χ1n) is 6.86. The lowest BCUT2D eigenvalue weighted by Gasteiger charge is -2.28. The number of aldehydes is 1. The SMILES string of the molecule is CN1CCC(CCCc2cc(C=O)ccn2)CC1. The van der Waals surface area contributed by atoms with Gasteiger partial charge in [-0.1, -0.05) is 0 Å². The summed E-state index contributed by atoms with van der Waals surface area (Å²) in [7, 11) is 2.20. The summed E-state index contributed by atoms with van der Waals surface area (Å²) < 4.78 is 0. The number of hydrogen-bond acceptors (Lipinski definition) is 3. The third-order valence-electron chi connectivity index (χ3n) is 3.86. The number of rotatable bonds is 5. The smallest absolute Gasteiger partial charge is 0.150 e. The fourth-order valence-corrected chi connectivity index (χ4v) is 2.63. The zero-order chi connectivity index (χ0) is 12.8. The molecule has 1 aliphatic heterocycles. The first-order chi connectivity index (χ1) is 8.78. The second kappa shape index (κ2) is 6.64. The zero-order valence-corrected chi connectivity index (χ0v) is 11.1. The lowest BCUT2D eigenvalue weighted by molar-refractivity contribution is 0.112. The molecule has 3 heteroatoms. The first kappa shape index (κ1) is 13.2. The van der Waals surface area contributed by atoms with Crippen LogP contribution in [0, 0.1) is 5.92 Å². The Hall–Kier alpha value is -1.22. The van der Waals surface area contributed by atoms with Gasteiger partial charge in [0, 0.05) is 17.5 Å². The van der Waals surface area contributed by atoms with E-state index in [1.165, 1.54) is 38.8 Å². The molecule has 2 rings (SSSR count). The van der Waals surface area contributed by atoms with Crippen LogP contribution in [-0.2, 0) is 6.42 Å². The van der Waals surface area contributed by atoms with Crippen LogP contribution in [0.3, 0.4) is 0 Å². The Morgan fingerprint density at radius 2 is 2.22 bits per heavy atom. The largest absolute Gasteiger partial charge is 0.306 e. The van der Waals surface area contributed by atoms with Crippen LogP contribution in [0.25, 0.3) is 0 Å². The Morgan fingerprint density at radius 3 is 2.94 bits per heavy atom. The fourth-order valence-electron chi connectivity index (χ4n) is 2.63. The third kappa shape index (κ3) is 3.91. The molecule has 2 heterocycles. The van der Waals surface area contributed by atoms with Crippen LogP contribution >= 0.6 is 0 Å². The molecule has 1 aliphatic rings. The van der Waals surface area contributed by atoms with Crippen molar-refractivity contribution in [3.8, 4) is 0 Å². The average molecular weight is 246 g/mol. The van der Waals surface area contributed by atoms with E-state index in [4.69, 9.17) is 0 Å². The summed E-state index contributed by atoms with van der Waals surface area (Å²) in [6, 6.07) is 3.66. The Balaban J connectivity index is 1.73. The standard InChI is InChI=1S/C15H22N2O/c1-17-9-6-13(7-10-17)3-2-4-15-11-14(12-18)5-8-16-15/h5,8,11-13H,2-4,6-7,9-10H2,1H3. The van der Waals surface area contributed by atoms with Crippen molar-refractivity contribution in [2.45, 2.75) is 32.1 Å². The summed E-state index contributed by atoms with van der Waals surface area (Å²) in [5.41, 5.74) is 1.78. The van der Waals surface area contributed by atoms with Crippen LogP contribution < -0.4 is 0 Å². The summed E-state index contributed by atoms with van der Waals surface area (Å²) in [4.78, 5) is 17.4. The van der Waals surface area contributed by atoms with Crippen molar-refractivity contribution in [2.75, 3.05) is 20.1 Å². The van der Waals surface area contributed by atoms with Gasteiger partial charge in [0.25, 0.3) is 0 Å². The average Bonchev–Trinajstić information content (AvgIpc) is 2.41. The molecule has 18 heavy (non-hydrogen) atoms. The molecule has 0 amide bonds. The van der Waals surface area contributed by atoms with Gasteiger partial charge < -0.3 is 4.90 Å². The number of pyridine rings is 1. The highest BCUT2D eigenvalue weighted by Crippen LogP contribution is 2.21. The second-order valence-corrected chi connectivity index (χ2v) is 5.34. The van der Waals surface area contributed by atoms with E-state index in [1.54, 1.807) is 12.3 Å². The van der Waals surface area contributed by atoms with Crippen LogP contribution in [0.1, 0.15) is 41.7 Å². The quantitative estimate of drug-likeness (QED) is 0.749. The van der Waals surface area contributed by atoms with Gasteiger partial charge >= 0.3 is 0 Å². The van der Waals surface area contributed by atoms with Gasteiger partial charge in [0.15, 0.2) is 0 Å². The maximum atomic E-state index is 10.7. The topological polar surface area (TPSA) is 33.2 Å². The van der Waals surface area contributed by atoms with Gasteiger partial charge in [-0.3, -0.25) is 9.78 Å². The van der Waals surface area contributed by atoms with E-state index < -0.39 is 0 Å². The predicted octanol–water partition coefficient (Wildman–Crippen LogP) is 2.56. The van der Waals surface area contributed by atoms with Crippen molar-refractivity contribution < 1.29 is 4.79 Å². The van der Waals surface area contributed by atoms with Crippen LogP contribution in [0.4, 0.5) is 0 Å². The Bertz CT molecular complexity index is 384. The van der Waals surface area contributed by atoms with E-state index in [1.807, 2.05) is 6.07 Å². The lowest BCUT2D eigenvalue weighted by Crippen LogP contribution is -2.30. The molecule has 3 nitrogen and oxygen atoms in total. The molecule has 0 saturated carbocycles. The number of likely N-dealkylation sites (tertiary alicyclic amines) is 1. The Kier molecular flexibility index (Phi) is 4.88. The molecule has 1 saturated heterocycles. The van der Waals surface area contributed by atoms with Crippen LogP contribution in [0.5, 0.6) is 0 Å². The summed E-state index contributed by atoms with van der Waals surface area (Å²) >= 11 is 0. The maximum absolute atomic E-state index is 10.7. The molecule has 98 valence electrons. The summed E-state index contributed by atoms with van der Waals surface area (Å²) in [6.45, 7) is 2.48. The number of carbonyl (C=O) groups is 1. The minimum atomic E-state index is 0.735. The number of nitrogens with zero attached hydrogens (tertiary/aromatic N) is 2. The number of aryl methyl sites for hydroxylation is 1. The van der Waals surface area contributed by atoms with Crippen molar-refractivity contribution in [3.05, 3.63) is 29.6 Å². The van der Waals surface area contributed by atoms with Crippen LogP contribution in [0.15, 0.2) is 18.3 Å². The number of carbonyl (C=O) groups excluding carboxylic acids is 1. The molecule has 1 aromatic rings. The predicted molar refractivity (Wildman–Crippen MR) is 72.8 cm³/mol. The van der Waals surface area contributed by atoms with E-state index in [0.29, 0.717) is 0 Å². The molecule has 0 radical (unpaired) electrons. The van der Waals surface area contributed by atoms with E-state index in [-0.39, 0.29) is 0 Å². The van der Waals surface area contributed by atoms with Crippen LogP contribution in [-0.4, -0.2) is 36.3 Å². The van der Waals surface area contributed by atoms with Gasteiger partial charge in [-0.05, 0) is 70.3 Å². The number of aromatic nitrogens is 1. The van der Waals surface area contributed by atoms with Gasteiger partial charge in [0.05, 0.1) is 0 Å². The van der Waals surface area contributed by atoms with Gasteiger partial charge in [0.1, 0.15) is 6.29 Å². The Morgan fingerprint density at radius 1 is 1.44 bits per heavy atom. The molecule has 0 N–H and O–H groups in total. The molecular weight excluding hydrogens is 224 g/mol. The van der Waals surface area contributed by atoms with E-state index in [9.17, 15) is 4.79 Å². The third-order valence-corrected chi connectivity index (χ3v) is 3.86. The van der Waals surface area contributed by atoms with Crippen molar-refractivity contribution >= 4 is 6.29 Å². The van der Waals surface area contributed by atoms with Gasteiger partial charge in [0.2, 0.25) is 0 Å². The molecule has 0 spiro atoms. The first-order valence-corrected chi connectivity index (χ1v) is 6.86. The van der Waals surface area contributed by atoms with E-state index in [0.717, 1.165) is 29.9 Å². The molecule has 0 atom stereocenters. The van der Waals surface area contributed by atoms with Gasteiger partial charge in [-0.15, -0.1) is 0 Å². The van der Waals surface area contributed by atoms with E-state index >= 15 is 0 Å². The fraction of sp³-hybridized carbons (Fsp3) is 0.600. The molecular formula is C15H22N2O. The van der Waals surface area contributed by atoms with Crippen molar-refractivity contribution in [3.63, 3.8) is 0 Å². The minimum absolute atomic E-state index is 0.735.